The van der Waals surface area contributed by atoms with Gasteiger partial charge >= 0.3 is 5.97 Å². The Labute approximate surface area is 176 Å². The lowest BCUT2D eigenvalue weighted by atomic mass is 10.1. The predicted octanol–water partition coefficient (Wildman–Crippen LogP) is 2.12. The first-order valence-electron chi connectivity index (χ1n) is 10.3. The fourth-order valence-electron chi connectivity index (χ4n) is 3.69. The van der Waals surface area contributed by atoms with Crippen molar-refractivity contribution in [2.75, 3.05) is 26.2 Å². The number of rotatable bonds is 6. The predicted molar refractivity (Wildman–Crippen MR) is 108 cm³/mol. The van der Waals surface area contributed by atoms with Gasteiger partial charge in [0.05, 0.1) is 28.9 Å². The highest BCUT2D eigenvalue weighted by atomic mass is 16.5. The van der Waals surface area contributed by atoms with E-state index >= 15 is 0 Å². The number of fused-ring (bicyclic) bond motifs is 1. The minimum atomic E-state index is -0.707. The Morgan fingerprint density at radius 2 is 1.73 bits per heavy atom. The van der Waals surface area contributed by atoms with Crippen molar-refractivity contribution in [3.63, 3.8) is 0 Å². The number of hydrogen-bond acceptors (Lipinski definition) is 6. The summed E-state index contributed by atoms with van der Waals surface area (Å²) in [5, 5.41) is 0. The van der Waals surface area contributed by atoms with E-state index in [1.807, 2.05) is 27.7 Å². The second kappa shape index (κ2) is 8.95. The molecular formula is C22H28N2O6. The van der Waals surface area contributed by atoms with Crippen LogP contribution in [0.25, 0.3) is 0 Å². The molecule has 3 rings (SSSR count). The lowest BCUT2D eigenvalue weighted by molar-refractivity contribution is -0.146. The highest BCUT2D eigenvalue weighted by molar-refractivity contribution is 6.22. The topological polar surface area (TPSA) is 93.2 Å². The molecule has 2 heterocycles. The molecule has 0 radical (unpaired) electrons. The molecule has 1 aromatic rings. The third-order valence-electron chi connectivity index (χ3n) is 5.24. The zero-order valence-electron chi connectivity index (χ0n) is 17.8. The molecule has 30 heavy (non-hydrogen) atoms. The molecule has 0 spiro atoms. The van der Waals surface area contributed by atoms with Crippen LogP contribution in [0.5, 0.6) is 0 Å². The van der Waals surface area contributed by atoms with Crippen molar-refractivity contribution in [1.82, 2.24) is 9.80 Å². The summed E-state index contributed by atoms with van der Waals surface area (Å²) in [6, 6.07) is 4.28. The maximum absolute atomic E-state index is 12.6. The van der Waals surface area contributed by atoms with Crippen LogP contribution in [0.3, 0.4) is 0 Å². The average Bonchev–Trinajstić information content (AvgIpc) is 2.93. The maximum atomic E-state index is 12.6. The fraction of sp³-hybridized carbons (Fsp3) is 0.545. The van der Waals surface area contributed by atoms with Crippen molar-refractivity contribution in [3.8, 4) is 0 Å². The Morgan fingerprint density at radius 3 is 2.37 bits per heavy atom. The molecule has 162 valence electrons. The van der Waals surface area contributed by atoms with Crippen LogP contribution in [-0.2, 0) is 14.3 Å². The van der Waals surface area contributed by atoms with Gasteiger partial charge in [-0.05, 0) is 44.4 Å². The Bertz CT molecular complexity index is 855. The summed E-state index contributed by atoms with van der Waals surface area (Å²) >= 11 is 0. The van der Waals surface area contributed by atoms with Crippen LogP contribution in [0, 0.1) is 5.92 Å². The van der Waals surface area contributed by atoms with E-state index < -0.39 is 11.9 Å². The number of carbonyl (C=O) groups excluding carboxylic acids is 4. The van der Waals surface area contributed by atoms with Gasteiger partial charge in [-0.15, -0.1) is 0 Å². The number of ether oxygens (including phenoxy) is 2. The average molecular weight is 416 g/mol. The molecule has 0 unspecified atom stereocenters. The Kier molecular flexibility index (Phi) is 6.55. The first kappa shape index (κ1) is 22.0. The van der Waals surface area contributed by atoms with E-state index in [-0.39, 0.29) is 47.3 Å². The van der Waals surface area contributed by atoms with E-state index in [2.05, 4.69) is 0 Å². The summed E-state index contributed by atoms with van der Waals surface area (Å²) < 4.78 is 10.8. The minimum Gasteiger partial charge on any atom is -0.452 e. The summed E-state index contributed by atoms with van der Waals surface area (Å²) in [4.78, 5) is 52.7. The van der Waals surface area contributed by atoms with Crippen molar-refractivity contribution < 1.29 is 28.7 Å². The van der Waals surface area contributed by atoms with Crippen LogP contribution in [0.1, 0.15) is 65.2 Å². The quantitative estimate of drug-likeness (QED) is 0.521. The molecule has 0 N–H and O–H groups in total. The van der Waals surface area contributed by atoms with Crippen LogP contribution in [0.4, 0.5) is 0 Å². The lowest BCUT2D eigenvalue weighted by Gasteiger charge is -2.35. The van der Waals surface area contributed by atoms with Crippen LogP contribution in [-0.4, -0.2) is 71.9 Å². The van der Waals surface area contributed by atoms with E-state index in [1.54, 1.807) is 4.90 Å². The highest BCUT2D eigenvalue weighted by Gasteiger charge is 2.36. The van der Waals surface area contributed by atoms with Gasteiger partial charge in [0.2, 0.25) is 0 Å². The molecule has 1 saturated heterocycles. The number of hydrogen-bond donors (Lipinski definition) is 0. The molecule has 1 aromatic carbocycles. The second-order valence-electron chi connectivity index (χ2n) is 8.34. The van der Waals surface area contributed by atoms with E-state index in [0.717, 1.165) is 0 Å². The first-order chi connectivity index (χ1) is 14.2. The fourth-order valence-corrected chi connectivity index (χ4v) is 3.69. The maximum Gasteiger partial charge on any atom is 0.338 e. The van der Waals surface area contributed by atoms with Gasteiger partial charge in [0.15, 0.2) is 6.61 Å². The molecule has 8 nitrogen and oxygen atoms in total. The summed E-state index contributed by atoms with van der Waals surface area (Å²) in [5.41, 5.74) is 0.616. The Balaban J connectivity index is 1.63. The van der Waals surface area contributed by atoms with Gasteiger partial charge in [-0.2, -0.15) is 0 Å². The van der Waals surface area contributed by atoms with E-state index in [4.69, 9.17) is 9.47 Å². The van der Waals surface area contributed by atoms with Crippen LogP contribution >= 0.6 is 0 Å². The second-order valence-corrected chi connectivity index (χ2v) is 8.34. The number of morpholine rings is 1. The molecule has 1 fully saturated rings. The van der Waals surface area contributed by atoms with Gasteiger partial charge in [-0.25, -0.2) is 4.79 Å². The lowest BCUT2D eigenvalue weighted by Crippen LogP contribution is -2.49. The SMILES string of the molecule is CC(C)CCN1C(=O)c2ccc(C(=O)OCC(=O)N3C[C@H](C)O[C@@H](C)C3)cc2C1=O. The van der Waals surface area contributed by atoms with Crippen molar-refractivity contribution in [2.45, 2.75) is 46.3 Å². The molecule has 2 aliphatic rings. The molecule has 2 aliphatic heterocycles. The van der Waals surface area contributed by atoms with Crippen molar-refractivity contribution in [2.24, 2.45) is 5.92 Å². The molecule has 8 heteroatoms. The van der Waals surface area contributed by atoms with Crippen LogP contribution < -0.4 is 0 Å². The normalized spacial score (nSPS) is 21.2. The van der Waals surface area contributed by atoms with Gasteiger partial charge in [-0.3, -0.25) is 19.3 Å². The molecule has 0 saturated carbocycles. The van der Waals surface area contributed by atoms with E-state index in [9.17, 15) is 19.2 Å². The molecular weight excluding hydrogens is 388 g/mol. The Morgan fingerprint density at radius 1 is 1.10 bits per heavy atom. The number of carbonyl (C=O) groups is 4. The third kappa shape index (κ3) is 4.70. The van der Waals surface area contributed by atoms with Crippen molar-refractivity contribution >= 4 is 23.7 Å². The molecule has 0 bridgehead atoms. The smallest absolute Gasteiger partial charge is 0.338 e. The van der Waals surface area contributed by atoms with Crippen molar-refractivity contribution in [1.29, 1.82) is 0 Å². The van der Waals surface area contributed by atoms with Crippen molar-refractivity contribution in [3.05, 3.63) is 34.9 Å². The monoisotopic (exact) mass is 416 g/mol. The van der Waals surface area contributed by atoms with Crippen LogP contribution in [0.2, 0.25) is 0 Å². The van der Waals surface area contributed by atoms with E-state index in [0.29, 0.717) is 32.0 Å². The Hall–Kier alpha value is -2.74. The van der Waals surface area contributed by atoms with E-state index in [1.165, 1.54) is 23.1 Å². The largest absolute Gasteiger partial charge is 0.452 e. The van der Waals surface area contributed by atoms with Gasteiger partial charge in [-0.1, -0.05) is 13.8 Å². The summed E-state index contributed by atoms with van der Waals surface area (Å²) in [5.74, 6) is -1.40. The summed E-state index contributed by atoms with van der Waals surface area (Å²) in [6.07, 6.45) is 0.556. The standard InChI is InChI=1S/C22H28N2O6/c1-13(2)7-8-24-20(26)17-6-5-16(9-18(17)21(24)27)22(28)29-12-19(25)23-10-14(3)30-15(4)11-23/h5-6,9,13-15H,7-8,10-12H2,1-4H3/t14-,15-/m0/s1. The van der Waals surface area contributed by atoms with Crippen LogP contribution in [0.15, 0.2) is 18.2 Å². The number of esters is 1. The number of amides is 3. The molecule has 0 aliphatic carbocycles. The molecule has 3 amide bonds. The zero-order chi connectivity index (χ0) is 22.0. The number of benzene rings is 1. The molecule has 0 aromatic heterocycles. The summed E-state index contributed by atoms with van der Waals surface area (Å²) in [6.45, 7) is 8.66. The first-order valence-corrected chi connectivity index (χ1v) is 10.3. The highest BCUT2D eigenvalue weighted by Crippen LogP contribution is 2.25. The van der Waals surface area contributed by atoms with Gasteiger partial charge < -0.3 is 14.4 Å². The van der Waals surface area contributed by atoms with Gasteiger partial charge in [0.25, 0.3) is 17.7 Å². The van der Waals surface area contributed by atoms with Gasteiger partial charge in [0.1, 0.15) is 0 Å². The molecule has 2 atom stereocenters. The zero-order valence-corrected chi connectivity index (χ0v) is 17.8. The number of nitrogens with zero attached hydrogens (tertiary/aromatic N) is 2. The third-order valence-corrected chi connectivity index (χ3v) is 5.24. The number of imide groups is 1. The summed E-state index contributed by atoms with van der Waals surface area (Å²) in [7, 11) is 0. The minimum absolute atomic E-state index is 0.0766. The van der Waals surface area contributed by atoms with Gasteiger partial charge in [0, 0.05) is 19.6 Å².